The number of likely N-dealkylation sites (N-methyl/N-ethyl adjacent to an activating group) is 1. The molecule has 0 heterocycles. The van der Waals surface area contributed by atoms with Gasteiger partial charge >= 0.3 is 0 Å². The predicted molar refractivity (Wildman–Crippen MR) is 101 cm³/mol. The highest BCUT2D eigenvalue weighted by molar-refractivity contribution is 6.30. The lowest BCUT2D eigenvalue weighted by Crippen LogP contribution is -2.51. The maximum Gasteiger partial charge on any atom is 0.251 e. The van der Waals surface area contributed by atoms with Crippen LogP contribution in [0.3, 0.4) is 0 Å². The van der Waals surface area contributed by atoms with Crippen molar-refractivity contribution < 1.29 is 9.59 Å². The minimum Gasteiger partial charge on any atom is -0.353 e. The Bertz CT molecular complexity index is 509. The zero-order valence-electron chi connectivity index (χ0n) is 14.4. The number of carbonyl (C=O) groups is 2. The number of rotatable bonds is 9. The molecule has 0 aliphatic rings. The van der Waals surface area contributed by atoms with Crippen LogP contribution in [-0.4, -0.2) is 37.5 Å². The van der Waals surface area contributed by atoms with Crippen LogP contribution in [-0.2, 0) is 4.79 Å². The summed E-state index contributed by atoms with van der Waals surface area (Å²) in [7, 11) is 0. The Labute approximate surface area is 155 Å². The third kappa shape index (κ3) is 7.51. The van der Waals surface area contributed by atoms with E-state index in [1.165, 1.54) is 0 Å². The van der Waals surface area contributed by atoms with Crippen molar-refractivity contribution in [1.29, 1.82) is 0 Å². The van der Waals surface area contributed by atoms with E-state index in [1.807, 2.05) is 20.8 Å². The van der Waals surface area contributed by atoms with Crippen LogP contribution in [0, 0.1) is 5.92 Å². The summed E-state index contributed by atoms with van der Waals surface area (Å²) in [6.07, 6.45) is 0.798. The minimum atomic E-state index is -0.551. The molecule has 0 saturated heterocycles. The molecule has 0 aliphatic carbocycles. The number of halogens is 2. The maximum absolute atomic E-state index is 12.4. The fourth-order valence-electron chi connectivity index (χ4n) is 2.09. The zero-order chi connectivity index (χ0) is 17.2. The first-order chi connectivity index (χ1) is 11.0. The molecule has 0 fully saturated rings. The van der Waals surface area contributed by atoms with Crippen LogP contribution < -0.4 is 16.0 Å². The molecule has 5 nitrogen and oxygen atoms in total. The molecule has 1 aromatic carbocycles. The Morgan fingerprint density at radius 3 is 2.29 bits per heavy atom. The summed E-state index contributed by atoms with van der Waals surface area (Å²) in [5.41, 5.74) is 0.489. The van der Waals surface area contributed by atoms with Crippen molar-refractivity contribution in [3.8, 4) is 0 Å². The molecule has 2 atom stereocenters. The number of amides is 2. The summed E-state index contributed by atoms with van der Waals surface area (Å²) in [6, 6.07) is 6.06. The van der Waals surface area contributed by atoms with Gasteiger partial charge < -0.3 is 16.0 Å². The summed E-state index contributed by atoms with van der Waals surface area (Å²) in [6.45, 7) is 8.07. The van der Waals surface area contributed by atoms with Crippen LogP contribution in [0.5, 0.6) is 0 Å². The average Bonchev–Trinajstić information content (AvgIpc) is 2.56. The molecule has 136 valence electrons. The van der Waals surface area contributed by atoms with Gasteiger partial charge in [-0.3, -0.25) is 9.59 Å². The largest absolute Gasteiger partial charge is 0.353 e. The van der Waals surface area contributed by atoms with Crippen LogP contribution in [0.15, 0.2) is 24.3 Å². The van der Waals surface area contributed by atoms with Crippen LogP contribution in [0.25, 0.3) is 0 Å². The molecule has 1 aromatic rings. The van der Waals surface area contributed by atoms with Crippen LogP contribution in [0.4, 0.5) is 0 Å². The fourth-order valence-corrected chi connectivity index (χ4v) is 2.21. The van der Waals surface area contributed by atoms with Crippen molar-refractivity contribution in [3.05, 3.63) is 34.9 Å². The number of benzene rings is 1. The Balaban J connectivity index is 0.00000529. The van der Waals surface area contributed by atoms with Crippen molar-refractivity contribution in [2.24, 2.45) is 5.92 Å². The number of hydrogen-bond acceptors (Lipinski definition) is 3. The van der Waals surface area contributed by atoms with Crippen molar-refractivity contribution in [2.45, 2.75) is 33.2 Å². The summed E-state index contributed by atoms with van der Waals surface area (Å²) in [5, 5.41) is 9.40. The van der Waals surface area contributed by atoms with Crippen LogP contribution in [0.2, 0.25) is 5.02 Å². The van der Waals surface area contributed by atoms with Gasteiger partial charge in [-0.1, -0.05) is 38.8 Å². The fraction of sp³-hybridized carbons (Fsp3) is 0.529. The first-order valence-electron chi connectivity index (χ1n) is 8.04. The summed E-state index contributed by atoms with van der Waals surface area (Å²) < 4.78 is 0. The second-order valence-electron chi connectivity index (χ2n) is 5.49. The van der Waals surface area contributed by atoms with E-state index in [0.29, 0.717) is 23.7 Å². The molecule has 2 amide bonds. The molecule has 0 aromatic heterocycles. The molecule has 0 saturated carbocycles. The monoisotopic (exact) mass is 375 g/mol. The van der Waals surface area contributed by atoms with Gasteiger partial charge in [0, 0.05) is 23.7 Å². The SMILES string of the molecule is CCNCCNC(=O)C(NC(=O)c1ccc(Cl)cc1)C(C)CC.Cl. The minimum absolute atomic E-state index is 0. The highest BCUT2D eigenvalue weighted by atomic mass is 35.5. The second kappa shape index (κ2) is 12.1. The molecule has 7 heteroatoms. The zero-order valence-corrected chi connectivity index (χ0v) is 16.0. The summed E-state index contributed by atoms with van der Waals surface area (Å²) in [5.74, 6) is -0.376. The smallest absolute Gasteiger partial charge is 0.251 e. The Morgan fingerprint density at radius 1 is 1.12 bits per heavy atom. The lowest BCUT2D eigenvalue weighted by atomic mass is 9.98. The first-order valence-corrected chi connectivity index (χ1v) is 8.42. The third-order valence-corrected chi connectivity index (χ3v) is 3.99. The standard InChI is InChI=1S/C17H26ClN3O2.ClH/c1-4-12(3)15(17(23)20-11-10-19-5-2)21-16(22)13-6-8-14(18)9-7-13;/h6-9,12,15,19H,4-5,10-11H2,1-3H3,(H,20,23)(H,21,22);1H. The van der Waals surface area contributed by atoms with Gasteiger partial charge in [-0.15, -0.1) is 12.4 Å². The van der Waals surface area contributed by atoms with Gasteiger partial charge in [0.15, 0.2) is 0 Å². The van der Waals surface area contributed by atoms with Gasteiger partial charge in [-0.2, -0.15) is 0 Å². The Morgan fingerprint density at radius 2 is 1.75 bits per heavy atom. The van der Waals surface area contributed by atoms with Gasteiger partial charge in [-0.25, -0.2) is 0 Å². The molecular formula is C17H27Cl2N3O2. The average molecular weight is 376 g/mol. The highest BCUT2D eigenvalue weighted by Gasteiger charge is 2.25. The van der Waals surface area contributed by atoms with E-state index in [2.05, 4.69) is 16.0 Å². The van der Waals surface area contributed by atoms with Crippen molar-refractivity contribution in [1.82, 2.24) is 16.0 Å². The van der Waals surface area contributed by atoms with Gasteiger partial charge in [0.2, 0.25) is 5.91 Å². The Kier molecular flexibility index (Phi) is 11.5. The summed E-state index contributed by atoms with van der Waals surface area (Å²) >= 11 is 5.83. The first kappa shape index (κ1) is 22.7. The third-order valence-electron chi connectivity index (χ3n) is 3.74. The Hall–Kier alpha value is -1.30. The molecule has 0 bridgehead atoms. The number of carbonyl (C=O) groups excluding carboxylic acids is 2. The molecule has 0 spiro atoms. The molecule has 3 N–H and O–H groups in total. The summed E-state index contributed by atoms with van der Waals surface area (Å²) in [4.78, 5) is 24.7. The van der Waals surface area contributed by atoms with Crippen molar-refractivity contribution >= 4 is 35.8 Å². The van der Waals surface area contributed by atoms with Crippen LogP contribution in [0.1, 0.15) is 37.6 Å². The number of hydrogen-bond donors (Lipinski definition) is 3. The number of nitrogens with one attached hydrogen (secondary N) is 3. The quantitative estimate of drug-likeness (QED) is 0.581. The van der Waals surface area contributed by atoms with E-state index >= 15 is 0 Å². The van der Waals surface area contributed by atoms with E-state index in [0.717, 1.165) is 13.0 Å². The normalized spacial score (nSPS) is 12.7. The topological polar surface area (TPSA) is 70.2 Å². The van der Waals surface area contributed by atoms with Gasteiger partial charge in [0.25, 0.3) is 5.91 Å². The molecular weight excluding hydrogens is 349 g/mol. The van der Waals surface area contributed by atoms with Gasteiger partial charge in [-0.05, 0) is 36.7 Å². The molecule has 0 radical (unpaired) electrons. The van der Waals surface area contributed by atoms with E-state index < -0.39 is 6.04 Å². The van der Waals surface area contributed by atoms with Crippen molar-refractivity contribution in [3.63, 3.8) is 0 Å². The molecule has 2 unspecified atom stereocenters. The van der Waals surface area contributed by atoms with E-state index in [1.54, 1.807) is 24.3 Å². The molecule has 24 heavy (non-hydrogen) atoms. The lowest BCUT2D eigenvalue weighted by molar-refractivity contribution is -0.124. The second-order valence-corrected chi connectivity index (χ2v) is 5.92. The highest BCUT2D eigenvalue weighted by Crippen LogP contribution is 2.12. The lowest BCUT2D eigenvalue weighted by Gasteiger charge is -2.23. The maximum atomic E-state index is 12.4. The van der Waals surface area contributed by atoms with Crippen molar-refractivity contribution in [2.75, 3.05) is 19.6 Å². The van der Waals surface area contributed by atoms with E-state index in [4.69, 9.17) is 11.6 Å². The molecule has 1 rings (SSSR count). The predicted octanol–water partition coefficient (Wildman–Crippen LogP) is 2.63. The van der Waals surface area contributed by atoms with Gasteiger partial charge in [0.05, 0.1) is 0 Å². The van der Waals surface area contributed by atoms with E-state index in [9.17, 15) is 9.59 Å². The van der Waals surface area contributed by atoms with Crippen LogP contribution >= 0.6 is 24.0 Å². The van der Waals surface area contributed by atoms with Gasteiger partial charge in [0.1, 0.15) is 6.04 Å². The molecule has 0 aliphatic heterocycles. The van der Waals surface area contributed by atoms with E-state index in [-0.39, 0.29) is 30.1 Å².